The summed E-state index contributed by atoms with van der Waals surface area (Å²) in [7, 11) is 0. The monoisotopic (exact) mass is 223 g/mol. The summed E-state index contributed by atoms with van der Waals surface area (Å²) in [6.07, 6.45) is -0.680. The smallest absolute Gasteiger partial charge is 0.310 e. The molecule has 0 fully saturated rings. The van der Waals surface area contributed by atoms with E-state index in [4.69, 9.17) is 15.9 Å². The summed E-state index contributed by atoms with van der Waals surface area (Å²) < 4.78 is 5.26. The Labute approximate surface area is 92.7 Å². The number of amidine groups is 1. The number of nitro groups is 1. The third-order valence-corrected chi connectivity index (χ3v) is 2.05. The van der Waals surface area contributed by atoms with Gasteiger partial charge in [-0.2, -0.15) is 0 Å². The Bertz CT molecular complexity index is 431. The van der Waals surface area contributed by atoms with E-state index in [2.05, 4.69) is 0 Å². The van der Waals surface area contributed by atoms with Crippen molar-refractivity contribution in [3.8, 4) is 5.75 Å². The third-order valence-electron chi connectivity index (χ3n) is 2.05. The van der Waals surface area contributed by atoms with Crippen LogP contribution in [-0.4, -0.2) is 16.9 Å². The first-order valence-corrected chi connectivity index (χ1v) is 4.67. The normalized spacial score (nSPS) is 11.9. The van der Waals surface area contributed by atoms with Gasteiger partial charge >= 0.3 is 5.69 Å². The maximum Gasteiger partial charge on any atom is 0.310 e. The lowest BCUT2D eigenvalue weighted by atomic mass is 10.2. The van der Waals surface area contributed by atoms with Crippen LogP contribution in [0.4, 0.5) is 5.69 Å². The number of ether oxygens (including phenoxy) is 1. The van der Waals surface area contributed by atoms with Gasteiger partial charge in [0, 0.05) is 6.07 Å². The molecule has 86 valence electrons. The summed E-state index contributed by atoms with van der Waals surface area (Å²) in [4.78, 5) is 10.2. The maximum absolute atomic E-state index is 10.7. The van der Waals surface area contributed by atoms with E-state index in [9.17, 15) is 10.1 Å². The van der Waals surface area contributed by atoms with Gasteiger partial charge in [-0.3, -0.25) is 15.5 Å². The average molecular weight is 223 g/mol. The maximum atomic E-state index is 10.7. The molecule has 3 N–H and O–H groups in total. The average Bonchev–Trinajstić information content (AvgIpc) is 2.16. The molecule has 16 heavy (non-hydrogen) atoms. The minimum Gasteiger partial charge on any atom is -0.476 e. The third kappa shape index (κ3) is 2.69. The largest absolute Gasteiger partial charge is 0.476 e. The molecular weight excluding hydrogens is 210 g/mol. The van der Waals surface area contributed by atoms with Gasteiger partial charge in [-0.05, 0) is 25.5 Å². The quantitative estimate of drug-likeness (QED) is 0.350. The van der Waals surface area contributed by atoms with Crippen molar-refractivity contribution in [2.24, 2.45) is 5.73 Å². The highest BCUT2D eigenvalue weighted by atomic mass is 16.6. The SMILES string of the molecule is Cc1ccc([N+](=O)[O-])c(OC(C)C(=N)N)c1. The second-order valence-electron chi connectivity index (χ2n) is 3.44. The highest BCUT2D eigenvalue weighted by Crippen LogP contribution is 2.28. The van der Waals surface area contributed by atoms with Crippen LogP contribution in [0.3, 0.4) is 0 Å². The molecule has 0 radical (unpaired) electrons. The van der Waals surface area contributed by atoms with Gasteiger partial charge in [-0.25, -0.2) is 0 Å². The molecule has 0 heterocycles. The Morgan fingerprint density at radius 3 is 2.75 bits per heavy atom. The zero-order valence-corrected chi connectivity index (χ0v) is 9.06. The van der Waals surface area contributed by atoms with Crippen molar-refractivity contribution in [2.45, 2.75) is 20.0 Å². The number of nitro benzene ring substituents is 1. The molecule has 0 aliphatic heterocycles. The number of nitrogens with zero attached hydrogens (tertiary/aromatic N) is 1. The van der Waals surface area contributed by atoms with Crippen molar-refractivity contribution >= 4 is 11.5 Å². The summed E-state index contributed by atoms with van der Waals surface area (Å²) in [6, 6.07) is 4.55. The van der Waals surface area contributed by atoms with Crippen LogP contribution in [0.2, 0.25) is 0 Å². The van der Waals surface area contributed by atoms with Crippen molar-refractivity contribution in [1.29, 1.82) is 5.41 Å². The van der Waals surface area contributed by atoms with Gasteiger partial charge in [-0.15, -0.1) is 0 Å². The van der Waals surface area contributed by atoms with Crippen LogP contribution in [-0.2, 0) is 0 Å². The molecule has 1 aromatic rings. The van der Waals surface area contributed by atoms with Gasteiger partial charge in [0.1, 0.15) is 5.84 Å². The first-order valence-electron chi connectivity index (χ1n) is 4.67. The van der Waals surface area contributed by atoms with Crippen molar-refractivity contribution in [2.75, 3.05) is 0 Å². The van der Waals surface area contributed by atoms with Crippen LogP contribution in [0.25, 0.3) is 0 Å². The van der Waals surface area contributed by atoms with Crippen molar-refractivity contribution < 1.29 is 9.66 Å². The predicted octanol–water partition coefficient (Wildman–Crippen LogP) is 1.61. The van der Waals surface area contributed by atoms with E-state index in [1.54, 1.807) is 26.0 Å². The molecule has 0 aromatic heterocycles. The van der Waals surface area contributed by atoms with Crippen LogP contribution in [0.1, 0.15) is 12.5 Å². The fourth-order valence-electron chi connectivity index (χ4n) is 1.12. The fourth-order valence-corrected chi connectivity index (χ4v) is 1.12. The van der Waals surface area contributed by atoms with Crippen molar-refractivity contribution in [3.63, 3.8) is 0 Å². The molecule has 0 saturated carbocycles. The van der Waals surface area contributed by atoms with Crippen LogP contribution in [0, 0.1) is 22.4 Å². The molecule has 1 unspecified atom stereocenters. The van der Waals surface area contributed by atoms with E-state index in [1.165, 1.54) is 6.07 Å². The molecule has 0 aliphatic carbocycles. The van der Waals surface area contributed by atoms with Gasteiger partial charge in [0.2, 0.25) is 0 Å². The van der Waals surface area contributed by atoms with E-state index >= 15 is 0 Å². The minimum atomic E-state index is -0.680. The summed E-state index contributed by atoms with van der Waals surface area (Å²) in [5, 5.41) is 17.9. The number of nitrogens with one attached hydrogen (secondary N) is 1. The molecule has 1 aromatic carbocycles. The van der Waals surface area contributed by atoms with Gasteiger partial charge in [-0.1, -0.05) is 6.07 Å². The molecule has 0 amide bonds. The zero-order valence-electron chi connectivity index (χ0n) is 9.06. The summed E-state index contributed by atoms with van der Waals surface area (Å²) in [5.74, 6) is -0.0384. The number of benzene rings is 1. The first-order chi connectivity index (χ1) is 7.41. The molecule has 6 heteroatoms. The second-order valence-corrected chi connectivity index (χ2v) is 3.44. The van der Waals surface area contributed by atoms with Crippen LogP contribution < -0.4 is 10.5 Å². The molecule has 0 saturated heterocycles. The lowest BCUT2D eigenvalue weighted by molar-refractivity contribution is -0.386. The van der Waals surface area contributed by atoms with E-state index in [0.29, 0.717) is 0 Å². The lowest BCUT2D eigenvalue weighted by Crippen LogP contribution is -2.30. The predicted molar refractivity (Wildman–Crippen MR) is 59.8 cm³/mol. The molecule has 0 spiro atoms. The Morgan fingerprint density at radius 1 is 1.62 bits per heavy atom. The molecule has 1 atom stereocenters. The highest BCUT2D eigenvalue weighted by molar-refractivity contribution is 5.81. The Balaban J connectivity index is 3.05. The number of nitrogens with two attached hydrogens (primary N) is 1. The number of hydrogen-bond donors (Lipinski definition) is 2. The number of hydrogen-bond acceptors (Lipinski definition) is 4. The Kier molecular flexibility index (Phi) is 3.44. The second kappa shape index (κ2) is 4.61. The van der Waals surface area contributed by atoms with Crippen molar-refractivity contribution in [1.82, 2.24) is 0 Å². The van der Waals surface area contributed by atoms with E-state index in [-0.39, 0.29) is 17.3 Å². The van der Waals surface area contributed by atoms with Gasteiger partial charge < -0.3 is 10.5 Å². The summed E-state index contributed by atoms with van der Waals surface area (Å²) in [6.45, 7) is 3.36. The summed E-state index contributed by atoms with van der Waals surface area (Å²) >= 11 is 0. The molecule has 1 rings (SSSR count). The van der Waals surface area contributed by atoms with E-state index in [0.717, 1.165) is 5.56 Å². The van der Waals surface area contributed by atoms with E-state index < -0.39 is 11.0 Å². The van der Waals surface area contributed by atoms with Crippen LogP contribution in [0.15, 0.2) is 18.2 Å². The standard InChI is InChI=1S/C10H13N3O3/c1-6-3-4-8(13(14)15)9(5-6)16-7(2)10(11)12/h3-5,7H,1-2H3,(H3,11,12). The van der Waals surface area contributed by atoms with Gasteiger partial charge in [0.05, 0.1) is 4.92 Å². The van der Waals surface area contributed by atoms with Gasteiger partial charge in [0.15, 0.2) is 11.9 Å². The van der Waals surface area contributed by atoms with Gasteiger partial charge in [0.25, 0.3) is 0 Å². The molecule has 0 bridgehead atoms. The lowest BCUT2D eigenvalue weighted by Gasteiger charge is -2.13. The highest BCUT2D eigenvalue weighted by Gasteiger charge is 2.18. The van der Waals surface area contributed by atoms with Crippen molar-refractivity contribution in [3.05, 3.63) is 33.9 Å². The Hall–Kier alpha value is -2.11. The minimum absolute atomic E-state index is 0.126. The number of rotatable bonds is 4. The topological polar surface area (TPSA) is 102 Å². The first kappa shape index (κ1) is 12.0. The van der Waals surface area contributed by atoms with Crippen LogP contribution >= 0.6 is 0 Å². The van der Waals surface area contributed by atoms with E-state index in [1.807, 2.05) is 0 Å². The number of aryl methyl sites for hydroxylation is 1. The molecular formula is C10H13N3O3. The summed E-state index contributed by atoms with van der Waals surface area (Å²) in [5.41, 5.74) is 5.95. The van der Waals surface area contributed by atoms with Crippen LogP contribution in [0.5, 0.6) is 5.75 Å². The Morgan fingerprint density at radius 2 is 2.25 bits per heavy atom. The molecule has 6 nitrogen and oxygen atoms in total. The zero-order chi connectivity index (χ0) is 12.3. The molecule has 0 aliphatic rings. The fraction of sp³-hybridized carbons (Fsp3) is 0.300.